The number of unbranched alkanes of at least 4 members (excludes halogenated alkanes) is 27. The van der Waals surface area contributed by atoms with Gasteiger partial charge in [0.25, 0.3) is 0 Å². The predicted octanol–water partition coefficient (Wildman–Crippen LogP) is 15.0. The Morgan fingerprint density at radius 1 is 0.352 bits per heavy atom. The third kappa shape index (κ3) is 41.6. The molecule has 6 nitrogen and oxygen atoms in total. The number of ether oxygens (including phenoxy) is 3. The first-order valence-corrected chi connectivity index (χ1v) is 23.7. The average Bonchev–Trinajstić information content (AvgIpc) is 3.14. The number of esters is 3. The summed E-state index contributed by atoms with van der Waals surface area (Å²) < 4.78 is 16.7. The maximum Gasteiger partial charge on any atom is 0.306 e. The lowest BCUT2D eigenvalue weighted by Gasteiger charge is -2.18. The number of hydrogen-bond acceptors (Lipinski definition) is 6. The van der Waals surface area contributed by atoms with Crippen LogP contribution >= 0.6 is 0 Å². The van der Waals surface area contributed by atoms with E-state index in [2.05, 4.69) is 34.6 Å². The van der Waals surface area contributed by atoms with Gasteiger partial charge < -0.3 is 14.2 Å². The summed E-state index contributed by atoms with van der Waals surface area (Å²) in [5, 5.41) is 0. The standard InChI is InChI=1S/C48H92O6/c1-6-7-8-9-21-30-35-40-48(51)54-45(42-53-47(50)39-34-29-25-20-19-23-27-32-37-44(4)5)41-52-46(49)38-33-28-24-18-16-14-12-10-11-13-15-17-22-26-31-36-43(2)3/h43-45H,6-42H2,1-5H3/t45-/m0/s1. The zero-order valence-corrected chi connectivity index (χ0v) is 36.8. The van der Waals surface area contributed by atoms with Crippen LogP contribution in [0.5, 0.6) is 0 Å². The second-order valence-corrected chi connectivity index (χ2v) is 17.3. The molecular formula is C48H92O6. The minimum atomic E-state index is -0.759. The van der Waals surface area contributed by atoms with E-state index in [1.165, 1.54) is 148 Å². The summed E-state index contributed by atoms with van der Waals surface area (Å²) in [6.07, 6.45) is 39.6. The van der Waals surface area contributed by atoms with Gasteiger partial charge in [-0.1, -0.05) is 221 Å². The van der Waals surface area contributed by atoms with Crippen molar-refractivity contribution < 1.29 is 28.6 Å². The highest BCUT2D eigenvalue weighted by molar-refractivity contribution is 5.71. The molecule has 0 heterocycles. The Kier molecular flexibility index (Phi) is 39.8. The molecule has 0 rings (SSSR count). The lowest BCUT2D eigenvalue weighted by Crippen LogP contribution is -2.30. The van der Waals surface area contributed by atoms with Crippen molar-refractivity contribution in [3.05, 3.63) is 0 Å². The number of carbonyl (C=O) groups excluding carboxylic acids is 3. The molecule has 0 aliphatic rings. The molecule has 0 saturated heterocycles. The second-order valence-electron chi connectivity index (χ2n) is 17.3. The SMILES string of the molecule is CCCCCCCCCC(=O)O[C@@H](COC(=O)CCCCCCCCCCCCCCCCCC(C)C)COC(=O)CCCCCCCCCCC(C)C. The van der Waals surface area contributed by atoms with E-state index in [1.807, 2.05) is 0 Å². The van der Waals surface area contributed by atoms with Crippen LogP contribution in [0, 0.1) is 11.8 Å². The minimum Gasteiger partial charge on any atom is -0.462 e. The van der Waals surface area contributed by atoms with Crippen LogP contribution in [0.4, 0.5) is 0 Å². The third-order valence-corrected chi connectivity index (χ3v) is 10.7. The Hall–Kier alpha value is -1.59. The predicted molar refractivity (Wildman–Crippen MR) is 229 cm³/mol. The van der Waals surface area contributed by atoms with Crippen molar-refractivity contribution in [1.82, 2.24) is 0 Å². The fourth-order valence-electron chi connectivity index (χ4n) is 7.11. The van der Waals surface area contributed by atoms with Crippen molar-refractivity contribution in [3.8, 4) is 0 Å². The normalized spacial score (nSPS) is 12.1. The zero-order chi connectivity index (χ0) is 39.7. The van der Waals surface area contributed by atoms with Crippen LogP contribution in [0.1, 0.15) is 259 Å². The Balaban J connectivity index is 4.17. The molecule has 0 unspecified atom stereocenters. The molecule has 0 aliphatic carbocycles. The van der Waals surface area contributed by atoms with Gasteiger partial charge in [-0.25, -0.2) is 0 Å². The van der Waals surface area contributed by atoms with E-state index in [1.54, 1.807) is 0 Å². The van der Waals surface area contributed by atoms with Crippen molar-refractivity contribution in [2.45, 2.75) is 265 Å². The van der Waals surface area contributed by atoms with Crippen LogP contribution in [0.3, 0.4) is 0 Å². The summed E-state index contributed by atoms with van der Waals surface area (Å²) in [4.78, 5) is 37.6. The number of hydrogen-bond donors (Lipinski definition) is 0. The van der Waals surface area contributed by atoms with E-state index in [4.69, 9.17) is 14.2 Å². The van der Waals surface area contributed by atoms with Gasteiger partial charge in [-0.05, 0) is 31.1 Å². The van der Waals surface area contributed by atoms with E-state index < -0.39 is 6.10 Å². The highest BCUT2D eigenvalue weighted by Gasteiger charge is 2.19. The fourth-order valence-corrected chi connectivity index (χ4v) is 7.11. The Morgan fingerprint density at radius 2 is 0.611 bits per heavy atom. The molecule has 0 saturated carbocycles. The quantitative estimate of drug-likeness (QED) is 0.0350. The van der Waals surface area contributed by atoms with Crippen molar-refractivity contribution in [1.29, 1.82) is 0 Å². The maximum atomic E-state index is 12.6. The van der Waals surface area contributed by atoms with Gasteiger partial charge in [-0.2, -0.15) is 0 Å². The smallest absolute Gasteiger partial charge is 0.306 e. The van der Waals surface area contributed by atoms with Crippen LogP contribution < -0.4 is 0 Å². The molecule has 0 radical (unpaired) electrons. The van der Waals surface area contributed by atoms with E-state index >= 15 is 0 Å². The van der Waals surface area contributed by atoms with Crippen LogP contribution in [0.25, 0.3) is 0 Å². The monoisotopic (exact) mass is 765 g/mol. The molecule has 1 atom stereocenters. The molecule has 320 valence electrons. The molecule has 0 amide bonds. The van der Waals surface area contributed by atoms with Crippen LogP contribution in [0.2, 0.25) is 0 Å². The van der Waals surface area contributed by atoms with Crippen molar-refractivity contribution in [3.63, 3.8) is 0 Å². The Labute approximate surface area is 336 Å². The first-order chi connectivity index (χ1) is 26.2. The zero-order valence-electron chi connectivity index (χ0n) is 36.8. The van der Waals surface area contributed by atoms with Gasteiger partial charge in [0.1, 0.15) is 13.2 Å². The van der Waals surface area contributed by atoms with E-state index in [-0.39, 0.29) is 31.1 Å². The second kappa shape index (κ2) is 41.1. The summed E-state index contributed by atoms with van der Waals surface area (Å²) in [5.41, 5.74) is 0. The van der Waals surface area contributed by atoms with E-state index in [0.29, 0.717) is 19.3 Å². The molecule has 0 aliphatic heterocycles. The summed E-state index contributed by atoms with van der Waals surface area (Å²) in [7, 11) is 0. The topological polar surface area (TPSA) is 78.9 Å². The molecular weight excluding hydrogens is 673 g/mol. The van der Waals surface area contributed by atoms with Gasteiger partial charge >= 0.3 is 17.9 Å². The molecule has 0 spiro atoms. The Bertz CT molecular complexity index is 824. The summed E-state index contributed by atoms with van der Waals surface area (Å²) in [6, 6.07) is 0. The molecule has 0 aromatic heterocycles. The fraction of sp³-hybridized carbons (Fsp3) is 0.938. The van der Waals surface area contributed by atoms with Crippen molar-refractivity contribution in [2.24, 2.45) is 11.8 Å². The molecule has 6 heteroatoms. The lowest BCUT2D eigenvalue weighted by atomic mass is 10.0. The average molecular weight is 765 g/mol. The van der Waals surface area contributed by atoms with Crippen LogP contribution in [-0.4, -0.2) is 37.2 Å². The van der Waals surface area contributed by atoms with Gasteiger partial charge in [0.15, 0.2) is 6.10 Å². The summed E-state index contributed by atoms with van der Waals surface area (Å²) >= 11 is 0. The minimum absolute atomic E-state index is 0.0651. The highest BCUT2D eigenvalue weighted by atomic mass is 16.6. The molecule has 0 aromatic rings. The largest absolute Gasteiger partial charge is 0.462 e. The molecule has 0 N–H and O–H groups in total. The van der Waals surface area contributed by atoms with Gasteiger partial charge in [0.2, 0.25) is 0 Å². The van der Waals surface area contributed by atoms with Crippen LogP contribution in [-0.2, 0) is 28.6 Å². The number of carbonyl (C=O) groups is 3. The first kappa shape index (κ1) is 52.4. The summed E-state index contributed by atoms with van der Waals surface area (Å²) in [5.74, 6) is 0.783. The van der Waals surface area contributed by atoms with Gasteiger partial charge in [0, 0.05) is 19.3 Å². The van der Waals surface area contributed by atoms with E-state index in [0.717, 1.165) is 69.6 Å². The molecule has 54 heavy (non-hydrogen) atoms. The molecule has 0 aromatic carbocycles. The number of rotatable bonds is 42. The van der Waals surface area contributed by atoms with Crippen LogP contribution in [0.15, 0.2) is 0 Å². The van der Waals surface area contributed by atoms with Gasteiger partial charge in [-0.3, -0.25) is 14.4 Å². The van der Waals surface area contributed by atoms with Crippen molar-refractivity contribution >= 4 is 17.9 Å². The lowest BCUT2D eigenvalue weighted by molar-refractivity contribution is -0.167. The molecule has 0 bridgehead atoms. The summed E-state index contributed by atoms with van der Waals surface area (Å²) in [6.45, 7) is 11.3. The first-order valence-electron chi connectivity index (χ1n) is 23.7. The van der Waals surface area contributed by atoms with Gasteiger partial charge in [0.05, 0.1) is 0 Å². The third-order valence-electron chi connectivity index (χ3n) is 10.7. The van der Waals surface area contributed by atoms with E-state index in [9.17, 15) is 14.4 Å². The Morgan fingerprint density at radius 3 is 0.907 bits per heavy atom. The molecule has 0 fully saturated rings. The highest BCUT2D eigenvalue weighted by Crippen LogP contribution is 2.17. The van der Waals surface area contributed by atoms with Gasteiger partial charge in [-0.15, -0.1) is 0 Å². The maximum absolute atomic E-state index is 12.6. The van der Waals surface area contributed by atoms with Crippen molar-refractivity contribution in [2.75, 3.05) is 13.2 Å².